The number of hydrogen-bond donors (Lipinski definition) is 1. The molecule has 0 unspecified atom stereocenters. The Morgan fingerprint density at radius 3 is 2.88 bits per heavy atom. The minimum atomic E-state index is -0.854. The molecule has 0 radical (unpaired) electrons. The van der Waals surface area contributed by atoms with Crippen molar-refractivity contribution in [3.63, 3.8) is 0 Å². The van der Waals surface area contributed by atoms with Crippen LogP contribution in [-0.2, 0) is 9.53 Å². The number of carbonyl (C=O) groups is 1. The summed E-state index contributed by atoms with van der Waals surface area (Å²) in [7, 11) is 1.30. The first-order valence-corrected chi connectivity index (χ1v) is 5.15. The van der Waals surface area contributed by atoms with Crippen LogP contribution in [0.5, 0.6) is 5.75 Å². The molecule has 0 aliphatic rings. The van der Waals surface area contributed by atoms with Crippen LogP contribution >= 0.6 is 0 Å². The lowest BCUT2D eigenvalue weighted by atomic mass is 10.1. The maximum Gasteiger partial charge on any atom is 0.308 e. The van der Waals surface area contributed by atoms with Gasteiger partial charge in [0.1, 0.15) is 5.75 Å². The summed E-state index contributed by atoms with van der Waals surface area (Å²) in [6.07, 6.45) is -0.903. The fraction of sp³-hybridized carbons (Fsp3) is 0.417. The summed E-state index contributed by atoms with van der Waals surface area (Å²) in [4.78, 5) is 11.0. The van der Waals surface area contributed by atoms with Crippen molar-refractivity contribution in [1.82, 2.24) is 0 Å². The molecule has 1 rings (SSSR count). The van der Waals surface area contributed by atoms with Gasteiger partial charge in [-0.05, 0) is 24.6 Å². The number of methoxy groups -OCH3 is 1. The molecule has 1 atom stereocenters. The van der Waals surface area contributed by atoms with Crippen LogP contribution < -0.4 is 4.74 Å². The maximum atomic E-state index is 11.0. The topological polar surface area (TPSA) is 55.8 Å². The van der Waals surface area contributed by atoms with Crippen molar-refractivity contribution in [2.24, 2.45) is 0 Å². The molecule has 0 aliphatic carbocycles. The van der Waals surface area contributed by atoms with Crippen molar-refractivity contribution in [3.05, 3.63) is 29.8 Å². The smallest absolute Gasteiger partial charge is 0.308 e. The van der Waals surface area contributed by atoms with Gasteiger partial charge in [0.25, 0.3) is 0 Å². The predicted molar refractivity (Wildman–Crippen MR) is 59.2 cm³/mol. The van der Waals surface area contributed by atoms with E-state index in [4.69, 9.17) is 4.74 Å². The largest absolute Gasteiger partial charge is 0.494 e. The van der Waals surface area contributed by atoms with Crippen LogP contribution in [0.15, 0.2) is 24.3 Å². The minimum Gasteiger partial charge on any atom is -0.494 e. The average molecular weight is 224 g/mol. The second kappa shape index (κ2) is 6.12. The number of hydrogen-bond acceptors (Lipinski definition) is 4. The summed E-state index contributed by atoms with van der Waals surface area (Å²) in [5.74, 6) is 0.248. The van der Waals surface area contributed by atoms with Crippen LogP contribution in [0.2, 0.25) is 0 Å². The number of carbonyl (C=O) groups excluding carboxylic acids is 1. The summed E-state index contributed by atoms with van der Waals surface area (Å²) < 4.78 is 9.79. The van der Waals surface area contributed by atoms with Gasteiger partial charge < -0.3 is 14.6 Å². The zero-order valence-corrected chi connectivity index (χ0v) is 9.47. The van der Waals surface area contributed by atoms with Gasteiger partial charge in [0.05, 0.1) is 26.2 Å². The standard InChI is InChI=1S/C12H16O4/c1-3-16-10-6-4-5-9(7-10)11(13)8-12(14)15-2/h4-7,11,13H,3,8H2,1-2H3/t11-/m1/s1. The van der Waals surface area contributed by atoms with E-state index in [2.05, 4.69) is 4.74 Å². The van der Waals surface area contributed by atoms with E-state index in [1.165, 1.54) is 7.11 Å². The third-order valence-corrected chi connectivity index (χ3v) is 2.14. The molecule has 0 heterocycles. The average Bonchev–Trinajstić information content (AvgIpc) is 2.29. The Kier molecular flexibility index (Phi) is 4.79. The number of esters is 1. The molecule has 4 nitrogen and oxygen atoms in total. The number of aliphatic hydroxyl groups excluding tert-OH is 1. The summed E-state index contributed by atoms with van der Waals surface area (Å²) >= 11 is 0. The molecule has 1 aromatic rings. The van der Waals surface area contributed by atoms with E-state index < -0.39 is 12.1 Å². The third-order valence-electron chi connectivity index (χ3n) is 2.14. The molecule has 0 bridgehead atoms. The van der Waals surface area contributed by atoms with Crippen molar-refractivity contribution in [2.75, 3.05) is 13.7 Å². The van der Waals surface area contributed by atoms with Crippen molar-refractivity contribution in [2.45, 2.75) is 19.4 Å². The predicted octanol–water partition coefficient (Wildman–Crippen LogP) is 1.68. The van der Waals surface area contributed by atoms with Gasteiger partial charge in [-0.15, -0.1) is 0 Å². The molecule has 0 saturated carbocycles. The highest BCUT2D eigenvalue weighted by molar-refractivity contribution is 5.70. The maximum absolute atomic E-state index is 11.0. The Hall–Kier alpha value is -1.55. The highest BCUT2D eigenvalue weighted by Gasteiger charge is 2.13. The summed E-state index contributed by atoms with van der Waals surface area (Å²) in [6.45, 7) is 2.45. The lowest BCUT2D eigenvalue weighted by Gasteiger charge is -2.11. The quantitative estimate of drug-likeness (QED) is 0.773. The Morgan fingerprint density at radius 2 is 2.25 bits per heavy atom. The lowest BCUT2D eigenvalue weighted by Crippen LogP contribution is -2.08. The second-order valence-corrected chi connectivity index (χ2v) is 3.30. The SMILES string of the molecule is CCOc1cccc([C@H](O)CC(=O)OC)c1. The molecule has 88 valence electrons. The lowest BCUT2D eigenvalue weighted by molar-refractivity contribution is -0.142. The molecule has 16 heavy (non-hydrogen) atoms. The van der Waals surface area contributed by atoms with Crippen LogP contribution in [-0.4, -0.2) is 24.8 Å². The number of aliphatic hydroxyl groups is 1. The fourth-order valence-electron chi connectivity index (χ4n) is 1.34. The fourth-order valence-corrected chi connectivity index (χ4v) is 1.34. The van der Waals surface area contributed by atoms with Crippen molar-refractivity contribution < 1.29 is 19.4 Å². The van der Waals surface area contributed by atoms with Gasteiger partial charge in [-0.25, -0.2) is 0 Å². The summed E-state index contributed by atoms with van der Waals surface area (Å²) in [6, 6.07) is 7.05. The van der Waals surface area contributed by atoms with Gasteiger partial charge in [0.15, 0.2) is 0 Å². The van der Waals surface area contributed by atoms with E-state index in [0.29, 0.717) is 17.9 Å². The third kappa shape index (κ3) is 3.55. The normalized spacial score (nSPS) is 11.9. The first-order valence-electron chi connectivity index (χ1n) is 5.15. The molecule has 0 fully saturated rings. The van der Waals surface area contributed by atoms with Crippen LogP contribution in [0.25, 0.3) is 0 Å². The molecule has 0 spiro atoms. The molecular formula is C12H16O4. The van der Waals surface area contributed by atoms with Crippen LogP contribution in [0.1, 0.15) is 25.0 Å². The van der Waals surface area contributed by atoms with Gasteiger partial charge >= 0.3 is 5.97 Å². The van der Waals surface area contributed by atoms with E-state index in [1.807, 2.05) is 6.92 Å². The molecule has 0 aromatic heterocycles. The Labute approximate surface area is 94.8 Å². The van der Waals surface area contributed by atoms with Crippen molar-refractivity contribution >= 4 is 5.97 Å². The van der Waals surface area contributed by atoms with Gasteiger partial charge in [-0.3, -0.25) is 4.79 Å². The van der Waals surface area contributed by atoms with Crippen LogP contribution in [0.3, 0.4) is 0 Å². The summed E-state index contributed by atoms with van der Waals surface area (Å²) in [5.41, 5.74) is 0.649. The Balaban J connectivity index is 2.71. The van der Waals surface area contributed by atoms with E-state index in [-0.39, 0.29) is 6.42 Å². The molecule has 0 aliphatic heterocycles. The zero-order chi connectivity index (χ0) is 12.0. The summed E-state index contributed by atoms with van der Waals surface area (Å²) in [5, 5.41) is 9.76. The van der Waals surface area contributed by atoms with E-state index >= 15 is 0 Å². The van der Waals surface area contributed by atoms with E-state index in [0.717, 1.165) is 0 Å². The van der Waals surface area contributed by atoms with Gasteiger partial charge in [-0.1, -0.05) is 12.1 Å². The molecule has 1 N–H and O–H groups in total. The van der Waals surface area contributed by atoms with Gasteiger partial charge in [-0.2, -0.15) is 0 Å². The first-order chi connectivity index (χ1) is 7.67. The van der Waals surface area contributed by atoms with Crippen molar-refractivity contribution in [1.29, 1.82) is 0 Å². The van der Waals surface area contributed by atoms with E-state index in [1.54, 1.807) is 24.3 Å². The molecule has 1 aromatic carbocycles. The Morgan fingerprint density at radius 1 is 1.50 bits per heavy atom. The number of rotatable bonds is 5. The molecular weight excluding hydrogens is 208 g/mol. The number of ether oxygens (including phenoxy) is 2. The molecule has 0 saturated heterocycles. The first kappa shape index (κ1) is 12.5. The zero-order valence-electron chi connectivity index (χ0n) is 9.47. The van der Waals surface area contributed by atoms with E-state index in [9.17, 15) is 9.90 Å². The monoisotopic (exact) mass is 224 g/mol. The molecule has 4 heteroatoms. The van der Waals surface area contributed by atoms with Gasteiger partial charge in [0.2, 0.25) is 0 Å². The molecule has 0 amide bonds. The second-order valence-electron chi connectivity index (χ2n) is 3.30. The van der Waals surface area contributed by atoms with Crippen LogP contribution in [0, 0.1) is 0 Å². The van der Waals surface area contributed by atoms with Crippen molar-refractivity contribution in [3.8, 4) is 5.75 Å². The Bertz CT molecular complexity index is 349. The highest BCUT2D eigenvalue weighted by atomic mass is 16.5. The number of benzene rings is 1. The minimum absolute atomic E-state index is 0.0495. The highest BCUT2D eigenvalue weighted by Crippen LogP contribution is 2.21. The van der Waals surface area contributed by atoms with Crippen LogP contribution in [0.4, 0.5) is 0 Å². The van der Waals surface area contributed by atoms with Gasteiger partial charge in [0, 0.05) is 0 Å².